The van der Waals surface area contributed by atoms with Crippen LogP contribution < -0.4 is 0 Å². The standard InChI is InChI=1S/C21H32O4/c1-20-6-5-16-15(17(20)8-13(22)11-20)10-19(23)18-9-14(25-12-24-3)4-7-21(16,18)2/h14-18H,4-12H2,1-3H3/t14-,15-,16+,17+,18-,20-,21-/m0/s1. The number of rotatable bonds is 3. The van der Waals surface area contributed by atoms with Crippen LogP contribution in [-0.2, 0) is 19.1 Å². The van der Waals surface area contributed by atoms with Crippen LogP contribution in [0.4, 0.5) is 0 Å². The Labute approximate surface area is 151 Å². The van der Waals surface area contributed by atoms with E-state index in [1.54, 1.807) is 7.11 Å². The Hall–Kier alpha value is -0.740. The van der Waals surface area contributed by atoms with Crippen LogP contribution in [0.3, 0.4) is 0 Å². The highest BCUT2D eigenvalue weighted by Gasteiger charge is 2.61. The molecule has 0 aromatic rings. The van der Waals surface area contributed by atoms with Crippen molar-refractivity contribution >= 4 is 11.6 Å². The van der Waals surface area contributed by atoms with E-state index in [9.17, 15) is 9.59 Å². The minimum atomic E-state index is 0.0971. The van der Waals surface area contributed by atoms with Crippen LogP contribution in [0.5, 0.6) is 0 Å². The van der Waals surface area contributed by atoms with Gasteiger partial charge in [0.15, 0.2) is 0 Å². The minimum absolute atomic E-state index is 0.0971. The summed E-state index contributed by atoms with van der Waals surface area (Å²) in [6, 6.07) is 0. The van der Waals surface area contributed by atoms with E-state index in [1.807, 2.05) is 0 Å². The predicted molar refractivity (Wildman–Crippen MR) is 93.9 cm³/mol. The van der Waals surface area contributed by atoms with Crippen LogP contribution >= 0.6 is 0 Å². The van der Waals surface area contributed by atoms with Crippen molar-refractivity contribution < 1.29 is 19.1 Å². The number of Topliss-reactive ketones (excluding diaryl/α,β-unsaturated/α-hetero) is 2. The van der Waals surface area contributed by atoms with E-state index in [-0.39, 0.29) is 22.9 Å². The Morgan fingerprint density at radius 2 is 1.88 bits per heavy atom. The van der Waals surface area contributed by atoms with Crippen molar-refractivity contribution in [2.24, 2.45) is 34.5 Å². The van der Waals surface area contributed by atoms with E-state index in [2.05, 4.69) is 13.8 Å². The number of methoxy groups -OCH3 is 1. The van der Waals surface area contributed by atoms with Gasteiger partial charge in [0.25, 0.3) is 0 Å². The van der Waals surface area contributed by atoms with Crippen molar-refractivity contribution in [2.75, 3.05) is 13.9 Å². The largest absolute Gasteiger partial charge is 0.359 e. The summed E-state index contributed by atoms with van der Waals surface area (Å²) >= 11 is 0. The van der Waals surface area contributed by atoms with Gasteiger partial charge in [0.1, 0.15) is 18.4 Å². The van der Waals surface area contributed by atoms with E-state index in [1.165, 1.54) is 6.42 Å². The lowest BCUT2D eigenvalue weighted by Crippen LogP contribution is -2.56. The van der Waals surface area contributed by atoms with E-state index in [4.69, 9.17) is 9.47 Å². The summed E-state index contributed by atoms with van der Waals surface area (Å²) in [7, 11) is 1.64. The summed E-state index contributed by atoms with van der Waals surface area (Å²) in [6.45, 7) is 4.97. The van der Waals surface area contributed by atoms with Gasteiger partial charge in [-0.15, -0.1) is 0 Å². The lowest BCUT2D eigenvalue weighted by molar-refractivity contribution is -0.167. The number of carbonyl (C=O) groups excluding carboxylic acids is 2. The van der Waals surface area contributed by atoms with Crippen molar-refractivity contribution in [1.29, 1.82) is 0 Å². The number of ketones is 2. The fourth-order valence-electron chi connectivity index (χ4n) is 7.10. The maximum absolute atomic E-state index is 13.1. The molecule has 25 heavy (non-hydrogen) atoms. The summed E-state index contributed by atoms with van der Waals surface area (Å²) in [5.41, 5.74) is 0.250. The van der Waals surface area contributed by atoms with Crippen LogP contribution in [0.25, 0.3) is 0 Å². The molecule has 0 spiro atoms. The number of ether oxygens (including phenoxy) is 2. The van der Waals surface area contributed by atoms with Gasteiger partial charge in [0.05, 0.1) is 6.10 Å². The third-order valence-electron chi connectivity index (χ3n) is 8.40. The van der Waals surface area contributed by atoms with Gasteiger partial charge in [0.2, 0.25) is 0 Å². The maximum Gasteiger partial charge on any atom is 0.146 e. The predicted octanol–water partition coefficient (Wildman–Crippen LogP) is 3.77. The Bertz CT molecular complexity index is 572. The van der Waals surface area contributed by atoms with Crippen LogP contribution in [0, 0.1) is 34.5 Å². The smallest absolute Gasteiger partial charge is 0.146 e. The second kappa shape index (κ2) is 6.16. The van der Waals surface area contributed by atoms with Crippen molar-refractivity contribution in [3.63, 3.8) is 0 Å². The van der Waals surface area contributed by atoms with Gasteiger partial charge in [-0.05, 0) is 60.7 Å². The maximum atomic E-state index is 13.1. The molecule has 0 unspecified atom stereocenters. The molecular weight excluding hydrogens is 316 g/mol. The van der Waals surface area contributed by atoms with Crippen LogP contribution in [0.15, 0.2) is 0 Å². The van der Waals surface area contributed by atoms with Crippen molar-refractivity contribution in [3.05, 3.63) is 0 Å². The normalized spacial score (nSPS) is 49.5. The number of hydrogen-bond acceptors (Lipinski definition) is 4. The number of hydrogen-bond donors (Lipinski definition) is 0. The zero-order valence-corrected chi connectivity index (χ0v) is 15.9. The first-order valence-electron chi connectivity index (χ1n) is 10.0. The molecule has 0 saturated heterocycles. The van der Waals surface area contributed by atoms with E-state index < -0.39 is 0 Å². The first-order valence-corrected chi connectivity index (χ1v) is 10.0. The van der Waals surface area contributed by atoms with Gasteiger partial charge < -0.3 is 9.47 Å². The molecule has 4 aliphatic rings. The van der Waals surface area contributed by atoms with Crippen molar-refractivity contribution in [2.45, 2.75) is 71.3 Å². The Kier molecular flexibility index (Phi) is 4.35. The summed E-state index contributed by atoms with van der Waals surface area (Å²) in [4.78, 5) is 25.3. The van der Waals surface area contributed by atoms with Crippen molar-refractivity contribution in [3.8, 4) is 0 Å². The minimum Gasteiger partial charge on any atom is -0.359 e. The van der Waals surface area contributed by atoms with E-state index in [0.717, 1.165) is 32.1 Å². The molecule has 0 aliphatic heterocycles. The molecule has 0 amide bonds. The van der Waals surface area contributed by atoms with Gasteiger partial charge in [-0.1, -0.05) is 13.8 Å². The summed E-state index contributed by atoms with van der Waals surface area (Å²) in [5, 5.41) is 0. The van der Waals surface area contributed by atoms with Gasteiger partial charge in [-0.2, -0.15) is 0 Å². The topological polar surface area (TPSA) is 52.6 Å². The van der Waals surface area contributed by atoms with Crippen LogP contribution in [0.1, 0.15) is 65.2 Å². The summed E-state index contributed by atoms with van der Waals surface area (Å²) < 4.78 is 10.8. The highest BCUT2D eigenvalue weighted by molar-refractivity contribution is 5.85. The number of carbonyl (C=O) groups is 2. The molecule has 0 N–H and O–H groups in total. The quantitative estimate of drug-likeness (QED) is 0.729. The molecule has 7 atom stereocenters. The molecule has 4 heteroatoms. The molecule has 4 nitrogen and oxygen atoms in total. The summed E-state index contributed by atoms with van der Waals surface area (Å²) in [6.07, 6.45) is 7.58. The number of fused-ring (bicyclic) bond motifs is 5. The third kappa shape index (κ3) is 2.71. The van der Waals surface area contributed by atoms with Crippen molar-refractivity contribution in [1.82, 2.24) is 0 Å². The molecule has 4 saturated carbocycles. The average molecular weight is 348 g/mol. The second-order valence-electron chi connectivity index (χ2n) is 9.69. The average Bonchev–Trinajstić information content (AvgIpc) is 2.88. The van der Waals surface area contributed by atoms with Gasteiger partial charge in [-0.3, -0.25) is 9.59 Å². The molecule has 4 rings (SSSR count). The fraction of sp³-hybridized carbons (Fsp3) is 0.905. The van der Waals surface area contributed by atoms with E-state index in [0.29, 0.717) is 49.0 Å². The highest BCUT2D eigenvalue weighted by Crippen LogP contribution is 2.65. The van der Waals surface area contributed by atoms with Gasteiger partial charge in [-0.25, -0.2) is 0 Å². The lowest BCUT2D eigenvalue weighted by Gasteiger charge is -2.59. The molecule has 0 heterocycles. The highest BCUT2D eigenvalue weighted by atomic mass is 16.7. The zero-order valence-electron chi connectivity index (χ0n) is 15.9. The van der Waals surface area contributed by atoms with Crippen LogP contribution in [-0.4, -0.2) is 31.6 Å². The summed E-state index contributed by atoms with van der Waals surface area (Å²) in [5.74, 6) is 2.44. The monoisotopic (exact) mass is 348 g/mol. The SMILES string of the molecule is COCO[C@H]1CC[C@@]2(C)[C@@H]3CC[C@@]4(C)CC(=O)C[C@@H]4[C@H]3CC(=O)[C@@H]2C1. The van der Waals surface area contributed by atoms with Gasteiger partial charge >= 0.3 is 0 Å². The molecule has 4 fully saturated rings. The Balaban J connectivity index is 1.57. The zero-order chi connectivity index (χ0) is 17.8. The molecule has 4 aliphatic carbocycles. The third-order valence-corrected chi connectivity index (χ3v) is 8.40. The second-order valence-corrected chi connectivity index (χ2v) is 9.69. The first-order chi connectivity index (χ1) is 11.9. The van der Waals surface area contributed by atoms with Gasteiger partial charge in [0, 0.05) is 32.3 Å². The molecular formula is C21H32O4. The Morgan fingerprint density at radius 3 is 2.64 bits per heavy atom. The molecule has 140 valence electrons. The first kappa shape index (κ1) is 17.7. The molecule has 0 aromatic carbocycles. The van der Waals surface area contributed by atoms with E-state index >= 15 is 0 Å². The Morgan fingerprint density at radius 1 is 1.08 bits per heavy atom. The molecule has 0 radical (unpaired) electrons. The fourth-order valence-corrected chi connectivity index (χ4v) is 7.10. The molecule has 0 aromatic heterocycles. The van der Waals surface area contributed by atoms with Crippen LogP contribution in [0.2, 0.25) is 0 Å². The lowest BCUT2D eigenvalue weighted by atomic mass is 9.45. The molecule has 0 bridgehead atoms.